The minimum atomic E-state index is 0.894. The van der Waals surface area contributed by atoms with Crippen LogP contribution in [0.15, 0.2) is 0 Å². The number of hydrogen-bond acceptors (Lipinski definition) is 0. The molecule has 0 heterocycles. The average molecular weight is 222 g/mol. The summed E-state index contributed by atoms with van der Waals surface area (Å²) in [6.07, 6.45) is 3.03. The van der Waals surface area contributed by atoms with Crippen molar-refractivity contribution in [3.05, 3.63) is 0 Å². The standard InChI is InChI=1S/C16H30/c1-9(2)7-13-14-8-12(10(3)4)16(14)15(13)11(5)6/h9-16H,7-8H2,1-6H3. The highest BCUT2D eigenvalue weighted by Gasteiger charge is 2.60. The maximum Gasteiger partial charge on any atom is -0.0318 e. The third kappa shape index (κ3) is 1.83. The topological polar surface area (TPSA) is 0 Å². The fraction of sp³-hybridized carbons (Fsp3) is 1.00. The Morgan fingerprint density at radius 2 is 1.56 bits per heavy atom. The van der Waals surface area contributed by atoms with Crippen molar-refractivity contribution in [1.29, 1.82) is 0 Å². The van der Waals surface area contributed by atoms with Gasteiger partial charge in [0.15, 0.2) is 0 Å². The fourth-order valence-electron chi connectivity index (χ4n) is 4.74. The van der Waals surface area contributed by atoms with Gasteiger partial charge < -0.3 is 0 Å². The van der Waals surface area contributed by atoms with Gasteiger partial charge >= 0.3 is 0 Å². The summed E-state index contributed by atoms with van der Waals surface area (Å²) in [5, 5.41) is 0. The molecule has 2 rings (SSSR count). The zero-order valence-corrected chi connectivity index (χ0v) is 12.0. The van der Waals surface area contributed by atoms with Gasteiger partial charge in [-0.3, -0.25) is 0 Å². The molecule has 2 aliphatic rings. The molecule has 0 aromatic heterocycles. The molecule has 5 atom stereocenters. The van der Waals surface area contributed by atoms with Gasteiger partial charge in [0.05, 0.1) is 0 Å². The molecule has 0 amide bonds. The summed E-state index contributed by atoms with van der Waals surface area (Å²) >= 11 is 0. The molecule has 0 aromatic rings. The molecule has 2 saturated carbocycles. The molecule has 0 radical (unpaired) electrons. The van der Waals surface area contributed by atoms with Gasteiger partial charge in [-0.05, 0) is 60.2 Å². The molecule has 0 heteroatoms. The maximum absolute atomic E-state index is 2.45. The van der Waals surface area contributed by atoms with Crippen molar-refractivity contribution >= 4 is 0 Å². The van der Waals surface area contributed by atoms with Gasteiger partial charge in [0, 0.05) is 0 Å². The van der Waals surface area contributed by atoms with Crippen molar-refractivity contribution in [2.24, 2.45) is 47.3 Å². The molecule has 0 spiro atoms. The van der Waals surface area contributed by atoms with Gasteiger partial charge in [-0.1, -0.05) is 41.5 Å². The molecule has 0 aliphatic heterocycles. The predicted octanol–water partition coefficient (Wildman–Crippen LogP) is 4.84. The van der Waals surface area contributed by atoms with Gasteiger partial charge in [0.1, 0.15) is 0 Å². The van der Waals surface area contributed by atoms with E-state index < -0.39 is 0 Å². The van der Waals surface area contributed by atoms with E-state index in [9.17, 15) is 0 Å². The zero-order chi connectivity index (χ0) is 12.0. The van der Waals surface area contributed by atoms with E-state index in [0.29, 0.717) is 0 Å². The van der Waals surface area contributed by atoms with Crippen LogP contribution in [-0.2, 0) is 0 Å². The molecule has 5 unspecified atom stereocenters. The maximum atomic E-state index is 2.45. The third-order valence-corrected chi connectivity index (χ3v) is 5.39. The Morgan fingerprint density at radius 3 is 2.00 bits per heavy atom. The highest BCUT2D eigenvalue weighted by molar-refractivity contribution is 5.08. The molecular weight excluding hydrogens is 192 g/mol. The van der Waals surface area contributed by atoms with E-state index in [2.05, 4.69) is 41.5 Å². The first kappa shape index (κ1) is 12.5. The van der Waals surface area contributed by atoms with E-state index in [1.807, 2.05) is 0 Å². The smallest absolute Gasteiger partial charge is 0.0318 e. The van der Waals surface area contributed by atoms with Crippen LogP contribution < -0.4 is 0 Å². The van der Waals surface area contributed by atoms with Crippen LogP contribution in [0.4, 0.5) is 0 Å². The van der Waals surface area contributed by atoms with E-state index in [4.69, 9.17) is 0 Å². The second-order valence-corrected chi connectivity index (χ2v) is 7.50. The lowest BCUT2D eigenvalue weighted by Gasteiger charge is -2.67. The second-order valence-electron chi connectivity index (χ2n) is 7.50. The first-order valence-corrected chi connectivity index (χ1v) is 7.43. The Morgan fingerprint density at radius 1 is 0.938 bits per heavy atom. The summed E-state index contributed by atoms with van der Waals surface area (Å²) in [4.78, 5) is 0. The van der Waals surface area contributed by atoms with Crippen molar-refractivity contribution in [3.63, 3.8) is 0 Å². The van der Waals surface area contributed by atoms with Crippen LogP contribution in [0, 0.1) is 47.3 Å². The van der Waals surface area contributed by atoms with E-state index >= 15 is 0 Å². The van der Waals surface area contributed by atoms with Crippen LogP contribution in [0.3, 0.4) is 0 Å². The fourth-order valence-corrected chi connectivity index (χ4v) is 4.74. The summed E-state index contributed by atoms with van der Waals surface area (Å²) in [6.45, 7) is 14.5. The molecule has 2 fully saturated rings. The molecular formula is C16H30. The molecule has 0 N–H and O–H groups in total. The van der Waals surface area contributed by atoms with Crippen molar-refractivity contribution in [2.45, 2.75) is 54.4 Å². The van der Waals surface area contributed by atoms with Gasteiger partial charge in [-0.25, -0.2) is 0 Å². The van der Waals surface area contributed by atoms with E-state index in [0.717, 1.165) is 47.3 Å². The van der Waals surface area contributed by atoms with Crippen molar-refractivity contribution in [3.8, 4) is 0 Å². The average Bonchev–Trinajstić information content (AvgIpc) is 2.09. The SMILES string of the molecule is CC(C)CC1C2CC(C(C)C)C2C1C(C)C. The molecule has 0 nitrogen and oxygen atoms in total. The Labute approximate surface area is 102 Å². The molecule has 94 valence electrons. The van der Waals surface area contributed by atoms with Gasteiger partial charge in [-0.15, -0.1) is 0 Å². The minimum absolute atomic E-state index is 0.894. The monoisotopic (exact) mass is 222 g/mol. The van der Waals surface area contributed by atoms with Crippen LogP contribution >= 0.6 is 0 Å². The summed E-state index contributed by atoms with van der Waals surface area (Å²) in [5.74, 6) is 8.11. The number of hydrogen-bond donors (Lipinski definition) is 0. The molecule has 0 bridgehead atoms. The Kier molecular flexibility index (Phi) is 3.39. The van der Waals surface area contributed by atoms with Crippen LogP contribution in [-0.4, -0.2) is 0 Å². The lowest BCUT2D eigenvalue weighted by molar-refractivity contribution is -0.188. The minimum Gasteiger partial charge on any atom is -0.0628 e. The largest absolute Gasteiger partial charge is 0.0628 e. The zero-order valence-electron chi connectivity index (χ0n) is 12.0. The normalized spacial score (nSPS) is 42.2. The lowest BCUT2D eigenvalue weighted by atomic mass is 9.38. The van der Waals surface area contributed by atoms with E-state index in [1.165, 1.54) is 6.42 Å². The molecule has 2 aliphatic carbocycles. The van der Waals surface area contributed by atoms with Crippen molar-refractivity contribution in [2.75, 3.05) is 0 Å². The summed E-state index contributed by atoms with van der Waals surface area (Å²) < 4.78 is 0. The van der Waals surface area contributed by atoms with E-state index in [-0.39, 0.29) is 0 Å². The first-order valence-electron chi connectivity index (χ1n) is 7.43. The van der Waals surface area contributed by atoms with Gasteiger partial charge in [-0.2, -0.15) is 0 Å². The molecule has 16 heavy (non-hydrogen) atoms. The van der Waals surface area contributed by atoms with Crippen molar-refractivity contribution < 1.29 is 0 Å². The van der Waals surface area contributed by atoms with Crippen molar-refractivity contribution in [1.82, 2.24) is 0 Å². The number of fused-ring (bicyclic) bond motifs is 1. The highest BCUT2D eigenvalue weighted by Crippen LogP contribution is 2.66. The highest BCUT2D eigenvalue weighted by atomic mass is 14.7. The molecule has 0 saturated heterocycles. The predicted molar refractivity (Wildman–Crippen MR) is 71.2 cm³/mol. The summed E-state index contributed by atoms with van der Waals surface area (Å²) in [7, 11) is 0. The molecule has 0 aromatic carbocycles. The van der Waals surface area contributed by atoms with Crippen LogP contribution in [0.1, 0.15) is 54.4 Å². The number of rotatable bonds is 4. The Hall–Kier alpha value is 0. The Bertz CT molecular complexity index is 232. The van der Waals surface area contributed by atoms with Crippen LogP contribution in [0.2, 0.25) is 0 Å². The van der Waals surface area contributed by atoms with Gasteiger partial charge in [0.2, 0.25) is 0 Å². The van der Waals surface area contributed by atoms with Crippen LogP contribution in [0.5, 0.6) is 0 Å². The quantitative estimate of drug-likeness (QED) is 0.638. The Balaban J connectivity index is 1.99. The van der Waals surface area contributed by atoms with E-state index in [1.54, 1.807) is 6.42 Å². The lowest BCUT2D eigenvalue weighted by Crippen LogP contribution is -2.61. The third-order valence-electron chi connectivity index (χ3n) is 5.39. The summed E-state index contributed by atoms with van der Waals surface area (Å²) in [6, 6.07) is 0. The second kappa shape index (κ2) is 4.35. The summed E-state index contributed by atoms with van der Waals surface area (Å²) in [5.41, 5.74) is 0. The first-order chi connectivity index (χ1) is 7.43. The van der Waals surface area contributed by atoms with Gasteiger partial charge in [0.25, 0.3) is 0 Å². The van der Waals surface area contributed by atoms with Crippen LogP contribution in [0.25, 0.3) is 0 Å².